The molecule has 0 aromatic carbocycles. The van der Waals surface area contributed by atoms with Gasteiger partial charge in [-0.3, -0.25) is 0 Å². The Balaban J connectivity index is 2.45. The van der Waals surface area contributed by atoms with Gasteiger partial charge in [0.15, 0.2) is 5.76 Å². The van der Waals surface area contributed by atoms with E-state index in [0.717, 1.165) is 17.1 Å². The van der Waals surface area contributed by atoms with E-state index < -0.39 is 0 Å². The highest BCUT2D eigenvalue weighted by molar-refractivity contribution is 7.13. The molecule has 0 saturated heterocycles. The molecule has 2 aromatic heterocycles. The molecule has 0 aliphatic heterocycles. The highest BCUT2D eigenvalue weighted by atomic mass is 32.1. The molecule has 0 bridgehead atoms. The Labute approximate surface area is 80.2 Å². The maximum Gasteiger partial charge on any atom is 0.292 e. The summed E-state index contributed by atoms with van der Waals surface area (Å²) in [6.07, 6.45) is 2.67. The molecule has 2 rings (SSSR count). The Morgan fingerprint density at radius 3 is 3.08 bits per heavy atom. The van der Waals surface area contributed by atoms with Crippen molar-refractivity contribution in [2.75, 3.05) is 5.73 Å². The smallest absolute Gasteiger partial charge is 0.292 e. The Hall–Kier alpha value is -1.29. The molecule has 3 nitrogen and oxygen atoms in total. The third-order valence-electron chi connectivity index (χ3n) is 1.88. The van der Waals surface area contributed by atoms with Crippen molar-refractivity contribution in [2.45, 2.75) is 13.3 Å². The highest BCUT2D eigenvalue weighted by Crippen LogP contribution is 2.30. The molecule has 4 heteroatoms. The fraction of sp³-hybridized carbons (Fsp3) is 0.222. The second-order valence-electron chi connectivity index (χ2n) is 2.69. The molecule has 0 aliphatic carbocycles. The summed E-state index contributed by atoms with van der Waals surface area (Å²) in [6.45, 7) is 2.12. The van der Waals surface area contributed by atoms with Crippen molar-refractivity contribution < 1.29 is 4.42 Å². The molecule has 0 saturated carbocycles. The lowest BCUT2D eigenvalue weighted by molar-refractivity contribution is 0.595. The fourth-order valence-electron chi connectivity index (χ4n) is 1.22. The first-order valence-corrected chi connectivity index (χ1v) is 4.97. The normalized spacial score (nSPS) is 10.5. The summed E-state index contributed by atoms with van der Waals surface area (Å²) < 4.78 is 5.25. The minimum atomic E-state index is 0.227. The lowest BCUT2D eigenvalue weighted by Crippen LogP contribution is -1.80. The molecule has 0 spiro atoms. The minimum Gasteiger partial charge on any atom is -0.423 e. The number of nitrogens with two attached hydrogens (primary N) is 1. The summed E-state index contributed by atoms with van der Waals surface area (Å²) in [5.41, 5.74) is 6.68. The van der Waals surface area contributed by atoms with E-state index in [2.05, 4.69) is 18.0 Å². The number of hydrogen-bond acceptors (Lipinski definition) is 4. The molecule has 2 heterocycles. The van der Waals surface area contributed by atoms with Crippen LogP contribution >= 0.6 is 11.3 Å². The third-order valence-corrected chi connectivity index (χ3v) is 2.85. The van der Waals surface area contributed by atoms with Gasteiger partial charge in [-0.25, -0.2) is 4.98 Å². The summed E-state index contributed by atoms with van der Waals surface area (Å²) in [4.78, 5) is 5.00. The first-order valence-electron chi connectivity index (χ1n) is 4.09. The second-order valence-corrected chi connectivity index (χ2v) is 3.61. The Morgan fingerprint density at radius 2 is 2.46 bits per heavy atom. The number of oxazole rings is 1. The maximum atomic E-state index is 5.40. The lowest BCUT2D eigenvalue weighted by atomic mass is 10.2. The number of nitrogen functional groups attached to an aromatic ring is 1. The van der Waals surface area contributed by atoms with Crippen LogP contribution in [0, 0.1) is 0 Å². The van der Waals surface area contributed by atoms with Crippen molar-refractivity contribution in [2.24, 2.45) is 0 Å². The number of hydrogen-bond donors (Lipinski definition) is 1. The van der Waals surface area contributed by atoms with E-state index in [9.17, 15) is 0 Å². The summed E-state index contributed by atoms with van der Waals surface area (Å²) in [7, 11) is 0. The van der Waals surface area contributed by atoms with E-state index >= 15 is 0 Å². The number of thiophene rings is 1. The maximum absolute atomic E-state index is 5.40. The van der Waals surface area contributed by atoms with Crippen LogP contribution in [0.3, 0.4) is 0 Å². The topological polar surface area (TPSA) is 52.0 Å². The van der Waals surface area contributed by atoms with Crippen LogP contribution in [0.15, 0.2) is 22.1 Å². The van der Waals surface area contributed by atoms with Crippen molar-refractivity contribution in [3.05, 3.63) is 23.2 Å². The Morgan fingerprint density at radius 1 is 1.62 bits per heavy atom. The summed E-state index contributed by atoms with van der Waals surface area (Å²) >= 11 is 1.65. The van der Waals surface area contributed by atoms with Gasteiger partial charge in [-0.2, -0.15) is 0 Å². The van der Waals surface area contributed by atoms with Crippen molar-refractivity contribution >= 4 is 17.4 Å². The van der Waals surface area contributed by atoms with Gasteiger partial charge in [0.05, 0.1) is 11.1 Å². The molecule has 0 aliphatic rings. The van der Waals surface area contributed by atoms with E-state index in [1.165, 1.54) is 5.56 Å². The lowest BCUT2D eigenvalue weighted by Gasteiger charge is -1.94. The number of aryl methyl sites for hydroxylation is 1. The van der Waals surface area contributed by atoms with E-state index in [4.69, 9.17) is 10.2 Å². The molecule has 2 aromatic rings. The predicted molar refractivity (Wildman–Crippen MR) is 53.6 cm³/mol. The highest BCUT2D eigenvalue weighted by Gasteiger charge is 2.09. The van der Waals surface area contributed by atoms with Crippen LogP contribution in [0.25, 0.3) is 10.6 Å². The van der Waals surface area contributed by atoms with Gasteiger partial charge in [-0.05, 0) is 23.4 Å². The zero-order valence-corrected chi connectivity index (χ0v) is 8.10. The van der Waals surface area contributed by atoms with Crippen LogP contribution in [0.2, 0.25) is 0 Å². The van der Waals surface area contributed by atoms with Gasteiger partial charge in [0.25, 0.3) is 6.01 Å². The molecule has 2 N–H and O–H groups in total. The molecular weight excluding hydrogens is 184 g/mol. The molecule has 0 radical (unpaired) electrons. The standard InChI is InChI=1S/C9H10N2OS/c1-2-6-3-4-13-8(6)7-5-11-9(10)12-7/h3-5H,2H2,1H3,(H2,10,11). The van der Waals surface area contributed by atoms with Gasteiger partial charge >= 0.3 is 0 Å². The molecule has 68 valence electrons. The SMILES string of the molecule is CCc1ccsc1-c1cnc(N)o1. The van der Waals surface area contributed by atoms with Gasteiger partial charge in [-0.15, -0.1) is 11.3 Å². The van der Waals surface area contributed by atoms with Crippen LogP contribution in [0.1, 0.15) is 12.5 Å². The first kappa shape index (κ1) is 8.31. The zero-order chi connectivity index (χ0) is 9.26. The number of aromatic nitrogens is 1. The van der Waals surface area contributed by atoms with Crippen LogP contribution in [0.5, 0.6) is 0 Å². The first-order chi connectivity index (χ1) is 6.31. The summed E-state index contributed by atoms with van der Waals surface area (Å²) in [6, 6.07) is 2.32. The second kappa shape index (κ2) is 3.22. The van der Waals surface area contributed by atoms with Crippen LogP contribution in [0.4, 0.5) is 6.01 Å². The zero-order valence-electron chi connectivity index (χ0n) is 7.28. The third kappa shape index (κ3) is 1.45. The van der Waals surface area contributed by atoms with Crippen LogP contribution in [-0.4, -0.2) is 4.98 Å². The predicted octanol–water partition coefficient (Wildman–Crippen LogP) is 2.55. The number of anilines is 1. The molecule has 13 heavy (non-hydrogen) atoms. The van der Waals surface area contributed by atoms with Gasteiger partial charge in [0, 0.05) is 0 Å². The van der Waals surface area contributed by atoms with Gasteiger partial charge in [0.1, 0.15) is 0 Å². The van der Waals surface area contributed by atoms with Crippen LogP contribution < -0.4 is 5.73 Å². The molecular formula is C9H10N2OS. The van der Waals surface area contributed by atoms with E-state index in [-0.39, 0.29) is 6.01 Å². The minimum absolute atomic E-state index is 0.227. The number of nitrogens with zero attached hydrogens (tertiary/aromatic N) is 1. The van der Waals surface area contributed by atoms with Gasteiger partial charge in [0.2, 0.25) is 0 Å². The average Bonchev–Trinajstić information content (AvgIpc) is 2.71. The van der Waals surface area contributed by atoms with Crippen molar-refractivity contribution in [1.82, 2.24) is 4.98 Å². The largest absolute Gasteiger partial charge is 0.423 e. The Bertz CT molecular complexity index is 405. The monoisotopic (exact) mass is 194 g/mol. The summed E-state index contributed by atoms with van der Waals surface area (Å²) in [5.74, 6) is 0.768. The quantitative estimate of drug-likeness (QED) is 0.799. The van der Waals surface area contributed by atoms with E-state index in [0.29, 0.717) is 0 Å². The van der Waals surface area contributed by atoms with Crippen molar-refractivity contribution in [1.29, 1.82) is 0 Å². The van der Waals surface area contributed by atoms with Crippen molar-refractivity contribution in [3.8, 4) is 10.6 Å². The van der Waals surface area contributed by atoms with Crippen molar-refractivity contribution in [3.63, 3.8) is 0 Å². The molecule has 0 fully saturated rings. The summed E-state index contributed by atoms with van der Waals surface area (Å²) in [5, 5.41) is 2.05. The van der Waals surface area contributed by atoms with E-state index in [1.807, 2.05) is 5.38 Å². The molecule has 0 atom stereocenters. The van der Waals surface area contributed by atoms with Crippen LogP contribution in [-0.2, 0) is 6.42 Å². The fourth-order valence-corrected chi connectivity index (χ4v) is 2.17. The average molecular weight is 194 g/mol. The van der Waals surface area contributed by atoms with Gasteiger partial charge in [-0.1, -0.05) is 6.92 Å². The van der Waals surface area contributed by atoms with E-state index in [1.54, 1.807) is 17.5 Å². The Kier molecular flexibility index (Phi) is 2.06. The molecule has 0 unspecified atom stereocenters. The molecule has 0 amide bonds. The van der Waals surface area contributed by atoms with Gasteiger partial charge < -0.3 is 10.2 Å². The number of rotatable bonds is 2.